The van der Waals surface area contributed by atoms with E-state index in [0.717, 1.165) is 12.8 Å². The van der Waals surface area contributed by atoms with Crippen molar-refractivity contribution in [2.75, 3.05) is 6.61 Å². The highest BCUT2D eigenvalue weighted by Crippen LogP contribution is 2.42. The van der Waals surface area contributed by atoms with E-state index in [9.17, 15) is 10.2 Å². The fourth-order valence-electron chi connectivity index (χ4n) is 3.98. The molecule has 2 unspecified atom stereocenters. The summed E-state index contributed by atoms with van der Waals surface area (Å²) in [4.78, 5) is 3.97. The van der Waals surface area contributed by atoms with Crippen molar-refractivity contribution in [2.45, 2.75) is 57.1 Å². The van der Waals surface area contributed by atoms with Gasteiger partial charge in [0.05, 0.1) is 37.2 Å². The molecule has 134 valence electrons. The first kappa shape index (κ1) is 16.4. The number of ether oxygens (including phenoxy) is 1. The van der Waals surface area contributed by atoms with E-state index >= 15 is 0 Å². The molecule has 0 amide bonds. The number of aromatic nitrogens is 3. The third-order valence-electron chi connectivity index (χ3n) is 5.49. The van der Waals surface area contributed by atoms with Gasteiger partial charge < -0.3 is 14.9 Å². The Kier molecular flexibility index (Phi) is 4.61. The van der Waals surface area contributed by atoms with Crippen LogP contribution >= 0.6 is 0 Å². The normalized spacial score (nSPS) is 23.6. The van der Waals surface area contributed by atoms with Gasteiger partial charge in [-0.1, -0.05) is 12.8 Å². The van der Waals surface area contributed by atoms with Crippen LogP contribution in [0.2, 0.25) is 0 Å². The van der Waals surface area contributed by atoms with Crippen molar-refractivity contribution >= 4 is 0 Å². The Hall–Kier alpha value is -2.08. The van der Waals surface area contributed by atoms with Crippen LogP contribution in [-0.2, 0) is 6.61 Å². The fourth-order valence-corrected chi connectivity index (χ4v) is 3.98. The van der Waals surface area contributed by atoms with Crippen LogP contribution in [0.3, 0.4) is 0 Å². The topological polar surface area (TPSA) is 80.4 Å². The van der Waals surface area contributed by atoms with Gasteiger partial charge in [-0.25, -0.2) is 0 Å². The van der Waals surface area contributed by atoms with Gasteiger partial charge in [-0.3, -0.25) is 9.67 Å². The smallest absolute Gasteiger partial charge is 0.146 e. The van der Waals surface area contributed by atoms with Gasteiger partial charge in [-0.05, 0) is 31.7 Å². The van der Waals surface area contributed by atoms with E-state index in [4.69, 9.17) is 4.74 Å². The minimum atomic E-state index is -0.258. The molecule has 0 saturated heterocycles. The van der Waals surface area contributed by atoms with Gasteiger partial charge in [0.2, 0.25) is 0 Å². The van der Waals surface area contributed by atoms with Gasteiger partial charge in [0.25, 0.3) is 0 Å². The number of aromatic hydroxyl groups is 1. The second-order valence-electron chi connectivity index (χ2n) is 7.19. The van der Waals surface area contributed by atoms with Crippen LogP contribution in [0.25, 0.3) is 0 Å². The largest absolute Gasteiger partial charge is 0.506 e. The maximum absolute atomic E-state index is 9.82. The number of hydrogen-bond donors (Lipinski definition) is 2. The summed E-state index contributed by atoms with van der Waals surface area (Å²) < 4.78 is 8.20. The summed E-state index contributed by atoms with van der Waals surface area (Å²) in [5.41, 5.74) is 1.75. The quantitative estimate of drug-likeness (QED) is 0.842. The Labute approximate surface area is 147 Å². The van der Waals surface area contributed by atoms with Gasteiger partial charge in [0, 0.05) is 23.7 Å². The molecule has 2 aromatic heterocycles. The molecular weight excluding hydrogens is 318 g/mol. The molecular formula is C19H25N3O3. The summed E-state index contributed by atoms with van der Waals surface area (Å²) in [6.07, 6.45) is 12.0. The molecule has 2 saturated carbocycles. The zero-order valence-electron chi connectivity index (χ0n) is 14.3. The van der Waals surface area contributed by atoms with Crippen molar-refractivity contribution in [3.8, 4) is 11.5 Å². The van der Waals surface area contributed by atoms with Crippen molar-refractivity contribution < 1.29 is 14.9 Å². The molecule has 2 aliphatic carbocycles. The molecule has 25 heavy (non-hydrogen) atoms. The lowest BCUT2D eigenvalue weighted by molar-refractivity contribution is 0.175. The lowest BCUT2D eigenvalue weighted by atomic mass is 9.78. The van der Waals surface area contributed by atoms with E-state index in [1.807, 2.05) is 6.20 Å². The van der Waals surface area contributed by atoms with Crippen molar-refractivity contribution in [3.05, 3.63) is 35.9 Å². The third kappa shape index (κ3) is 3.35. The van der Waals surface area contributed by atoms with Gasteiger partial charge in [0.15, 0.2) is 0 Å². The molecule has 2 heterocycles. The summed E-state index contributed by atoms with van der Waals surface area (Å²) in [6, 6.07) is 2.75. The molecule has 6 nitrogen and oxygen atoms in total. The number of nitrogens with zero attached hydrogens (tertiary/aromatic N) is 3. The maximum Gasteiger partial charge on any atom is 0.146 e. The average molecular weight is 343 g/mol. The molecule has 0 bridgehead atoms. The lowest BCUT2D eigenvalue weighted by Gasteiger charge is -2.32. The minimum absolute atomic E-state index is 0.0213. The van der Waals surface area contributed by atoms with Crippen molar-refractivity contribution in [1.82, 2.24) is 14.8 Å². The standard InChI is InChI=1S/C19H25N3O3/c23-11-16-18(24)9-20-10-19(16)25-12-13-3-1-2-4-15(13)17-7-8-21-22(17)14-5-6-14/h7-10,13-15,23-24H,1-6,11-12H2. The highest BCUT2D eigenvalue weighted by Gasteiger charge is 2.33. The summed E-state index contributed by atoms with van der Waals surface area (Å²) in [5.74, 6) is 1.33. The van der Waals surface area contributed by atoms with Gasteiger partial charge in [-0.2, -0.15) is 5.10 Å². The summed E-state index contributed by atoms with van der Waals surface area (Å²) in [5, 5.41) is 23.8. The zero-order chi connectivity index (χ0) is 17.2. The van der Waals surface area contributed by atoms with Crippen LogP contribution < -0.4 is 4.74 Å². The number of rotatable bonds is 6. The Morgan fingerprint density at radius 3 is 2.80 bits per heavy atom. The zero-order valence-corrected chi connectivity index (χ0v) is 14.3. The monoisotopic (exact) mass is 343 g/mol. The van der Waals surface area contributed by atoms with Gasteiger partial charge >= 0.3 is 0 Å². The predicted octanol–water partition coefficient (Wildman–Crippen LogP) is 3.16. The van der Waals surface area contributed by atoms with Crippen molar-refractivity contribution in [3.63, 3.8) is 0 Å². The van der Waals surface area contributed by atoms with E-state index in [-0.39, 0.29) is 12.4 Å². The Morgan fingerprint density at radius 1 is 1.16 bits per heavy atom. The molecule has 0 aromatic carbocycles. The molecule has 0 radical (unpaired) electrons. The van der Waals surface area contributed by atoms with Crippen LogP contribution in [0.15, 0.2) is 24.7 Å². The van der Waals surface area contributed by atoms with Crippen LogP contribution in [0.5, 0.6) is 11.5 Å². The van der Waals surface area contributed by atoms with E-state index < -0.39 is 0 Å². The minimum Gasteiger partial charge on any atom is -0.506 e. The molecule has 2 atom stereocenters. The second kappa shape index (κ2) is 7.04. The number of pyridine rings is 1. The Balaban J connectivity index is 1.50. The highest BCUT2D eigenvalue weighted by atomic mass is 16.5. The maximum atomic E-state index is 9.82. The fraction of sp³-hybridized carbons (Fsp3) is 0.579. The van der Waals surface area contributed by atoms with E-state index in [2.05, 4.69) is 20.8 Å². The van der Waals surface area contributed by atoms with E-state index in [0.29, 0.717) is 35.8 Å². The molecule has 0 aliphatic heterocycles. The van der Waals surface area contributed by atoms with Gasteiger partial charge in [0.1, 0.15) is 11.5 Å². The molecule has 0 spiro atoms. The summed E-state index contributed by atoms with van der Waals surface area (Å²) in [7, 11) is 0. The molecule has 4 rings (SSSR count). The van der Waals surface area contributed by atoms with Crippen LogP contribution in [0.4, 0.5) is 0 Å². The molecule has 6 heteroatoms. The Bertz CT molecular complexity index is 726. The average Bonchev–Trinajstić information content (AvgIpc) is 3.37. The first-order valence-corrected chi connectivity index (χ1v) is 9.21. The van der Waals surface area contributed by atoms with Gasteiger partial charge in [-0.15, -0.1) is 0 Å². The van der Waals surface area contributed by atoms with Crippen LogP contribution in [0, 0.1) is 5.92 Å². The lowest BCUT2D eigenvalue weighted by Crippen LogP contribution is -2.26. The number of aliphatic hydroxyl groups is 1. The third-order valence-corrected chi connectivity index (χ3v) is 5.49. The number of aliphatic hydroxyl groups excluding tert-OH is 1. The SMILES string of the molecule is OCc1c(O)cncc1OCC1CCCCC1c1ccnn1C1CC1. The molecule has 2 N–H and O–H groups in total. The number of hydrogen-bond acceptors (Lipinski definition) is 5. The molecule has 2 fully saturated rings. The van der Waals surface area contributed by atoms with Crippen LogP contribution in [0.1, 0.15) is 61.7 Å². The first-order chi connectivity index (χ1) is 12.3. The first-order valence-electron chi connectivity index (χ1n) is 9.21. The Morgan fingerprint density at radius 2 is 2.00 bits per heavy atom. The summed E-state index contributed by atoms with van der Waals surface area (Å²) in [6.45, 7) is 0.310. The predicted molar refractivity (Wildman–Crippen MR) is 92.5 cm³/mol. The summed E-state index contributed by atoms with van der Waals surface area (Å²) >= 11 is 0. The van der Waals surface area contributed by atoms with Crippen molar-refractivity contribution in [1.29, 1.82) is 0 Å². The van der Waals surface area contributed by atoms with E-state index in [1.54, 1.807) is 6.20 Å². The highest BCUT2D eigenvalue weighted by molar-refractivity contribution is 5.40. The van der Waals surface area contributed by atoms with E-state index in [1.165, 1.54) is 37.6 Å². The van der Waals surface area contributed by atoms with Crippen LogP contribution in [-0.4, -0.2) is 31.6 Å². The molecule has 2 aromatic rings. The second-order valence-corrected chi connectivity index (χ2v) is 7.19. The molecule has 2 aliphatic rings. The van der Waals surface area contributed by atoms with Crippen molar-refractivity contribution in [2.24, 2.45) is 5.92 Å².